The Balaban J connectivity index is 4.43. The van der Waals surface area contributed by atoms with E-state index in [1.165, 1.54) is 0 Å². The summed E-state index contributed by atoms with van der Waals surface area (Å²) in [6.45, 7) is 5.52. The summed E-state index contributed by atoms with van der Waals surface area (Å²) in [6, 6.07) is 1.27. The van der Waals surface area contributed by atoms with Gasteiger partial charge in [0, 0.05) is 6.54 Å². The van der Waals surface area contributed by atoms with Crippen LogP contribution in [0.25, 0.3) is 0 Å². The molecule has 0 aromatic carbocycles. The Kier molecular flexibility index (Phi) is 8.81. The summed E-state index contributed by atoms with van der Waals surface area (Å²) in [5, 5.41) is 13.6. The molecule has 0 saturated carbocycles. The second-order valence-corrected chi connectivity index (χ2v) is 5.71. The molecule has 1 unspecified atom stereocenters. The fraction of sp³-hybridized carbons (Fsp3) is 0.769. The highest BCUT2D eigenvalue weighted by Gasteiger charge is 2.23. The molecule has 0 heterocycles. The van der Waals surface area contributed by atoms with Crippen LogP contribution in [0.5, 0.6) is 0 Å². The van der Waals surface area contributed by atoms with Gasteiger partial charge in [0.2, 0.25) is 5.91 Å². The van der Waals surface area contributed by atoms with E-state index in [9.17, 15) is 9.59 Å². The number of carbonyl (C=O) groups is 2. The molecule has 20 heavy (non-hydrogen) atoms. The van der Waals surface area contributed by atoms with Gasteiger partial charge in [-0.2, -0.15) is 17.9 Å². The van der Waals surface area contributed by atoms with E-state index in [1.807, 2.05) is 6.07 Å². The molecule has 0 aromatic rings. The van der Waals surface area contributed by atoms with Crippen LogP contribution in [0, 0.1) is 11.3 Å². The summed E-state index contributed by atoms with van der Waals surface area (Å²) < 4.78 is 5.12. The Hall–Kier alpha value is -1.42. The summed E-state index contributed by atoms with van der Waals surface area (Å²) in [6.07, 6.45) is 0.769. The van der Waals surface area contributed by atoms with Gasteiger partial charge in [-0.05, 0) is 39.4 Å². The lowest BCUT2D eigenvalue weighted by Gasteiger charge is -2.23. The first kappa shape index (κ1) is 18.6. The van der Waals surface area contributed by atoms with E-state index < -0.39 is 17.7 Å². The average Bonchev–Trinajstić information content (AvgIpc) is 2.32. The Bertz CT molecular complexity index is 361. The predicted octanol–water partition coefficient (Wildman–Crippen LogP) is 1.62. The summed E-state index contributed by atoms with van der Waals surface area (Å²) in [4.78, 5) is 23.6. The molecule has 1 atom stereocenters. The molecular formula is C13H23N3O3S. The summed E-state index contributed by atoms with van der Waals surface area (Å²) in [5.74, 6) is 0.311. The van der Waals surface area contributed by atoms with Crippen LogP contribution in [0.1, 0.15) is 40.0 Å². The zero-order valence-corrected chi connectivity index (χ0v) is 13.1. The highest BCUT2D eigenvalue weighted by Crippen LogP contribution is 2.08. The number of hydrogen-bond acceptors (Lipinski definition) is 5. The molecule has 0 aromatic heterocycles. The highest BCUT2D eigenvalue weighted by molar-refractivity contribution is 7.80. The summed E-state index contributed by atoms with van der Waals surface area (Å²) in [7, 11) is 0. The number of ether oxygens (including phenoxy) is 1. The third kappa shape index (κ3) is 9.50. The van der Waals surface area contributed by atoms with Crippen LogP contribution in [-0.4, -0.2) is 35.9 Å². The molecule has 0 aliphatic rings. The number of nitrogens with zero attached hydrogens (tertiary/aromatic N) is 1. The van der Waals surface area contributed by atoms with E-state index in [0.29, 0.717) is 18.6 Å². The van der Waals surface area contributed by atoms with Crippen molar-refractivity contribution >= 4 is 24.6 Å². The number of carbonyl (C=O) groups excluding carboxylic acids is 2. The van der Waals surface area contributed by atoms with Gasteiger partial charge < -0.3 is 15.4 Å². The number of hydrogen-bond donors (Lipinski definition) is 3. The first-order valence-electron chi connectivity index (χ1n) is 6.55. The maximum Gasteiger partial charge on any atom is 0.408 e. The first-order chi connectivity index (χ1) is 9.30. The van der Waals surface area contributed by atoms with Crippen molar-refractivity contribution in [1.29, 1.82) is 5.26 Å². The third-order valence-corrected chi connectivity index (χ3v) is 2.51. The molecule has 7 heteroatoms. The van der Waals surface area contributed by atoms with Crippen molar-refractivity contribution in [3.8, 4) is 6.07 Å². The van der Waals surface area contributed by atoms with Gasteiger partial charge in [0.05, 0.1) is 12.5 Å². The maximum atomic E-state index is 11.9. The zero-order valence-electron chi connectivity index (χ0n) is 12.2. The molecular weight excluding hydrogens is 278 g/mol. The lowest BCUT2D eigenvalue weighted by Crippen LogP contribution is -2.48. The van der Waals surface area contributed by atoms with Crippen molar-refractivity contribution in [1.82, 2.24) is 10.6 Å². The molecule has 0 aliphatic carbocycles. The molecule has 114 valence electrons. The van der Waals surface area contributed by atoms with Crippen LogP contribution in [0.15, 0.2) is 0 Å². The third-order valence-electron chi connectivity index (χ3n) is 2.19. The lowest BCUT2D eigenvalue weighted by atomic mass is 10.1. The Morgan fingerprint density at radius 1 is 1.40 bits per heavy atom. The van der Waals surface area contributed by atoms with E-state index in [4.69, 9.17) is 10.00 Å². The molecule has 0 rings (SSSR count). The van der Waals surface area contributed by atoms with Gasteiger partial charge in [-0.1, -0.05) is 0 Å². The largest absolute Gasteiger partial charge is 0.444 e. The highest BCUT2D eigenvalue weighted by atomic mass is 32.1. The molecule has 2 amide bonds. The Morgan fingerprint density at radius 2 is 2.05 bits per heavy atom. The molecule has 0 radical (unpaired) electrons. The van der Waals surface area contributed by atoms with Gasteiger partial charge in [0.25, 0.3) is 0 Å². The Labute approximate surface area is 125 Å². The van der Waals surface area contributed by atoms with Crippen molar-refractivity contribution in [2.45, 2.75) is 51.7 Å². The van der Waals surface area contributed by atoms with Gasteiger partial charge in [0.15, 0.2) is 0 Å². The minimum Gasteiger partial charge on any atom is -0.444 e. The van der Waals surface area contributed by atoms with E-state index in [2.05, 4.69) is 23.3 Å². The number of rotatable bonds is 7. The van der Waals surface area contributed by atoms with Crippen molar-refractivity contribution in [2.24, 2.45) is 0 Å². The van der Waals surface area contributed by atoms with Crippen LogP contribution in [0.3, 0.4) is 0 Å². The van der Waals surface area contributed by atoms with Gasteiger partial charge in [-0.25, -0.2) is 4.79 Å². The predicted molar refractivity (Wildman–Crippen MR) is 79.5 cm³/mol. The molecule has 0 fully saturated rings. The standard InChI is InChI=1S/C13H23N3O3S/c1-13(2,3)19-12(18)16-10(6-4-9-20)11(17)15-8-5-7-14/h10,20H,4-6,8-9H2,1-3H3,(H,15,17)(H,16,18). The fourth-order valence-corrected chi connectivity index (χ4v) is 1.56. The van der Waals surface area contributed by atoms with Crippen LogP contribution < -0.4 is 10.6 Å². The van der Waals surface area contributed by atoms with Gasteiger partial charge >= 0.3 is 6.09 Å². The molecule has 0 spiro atoms. The van der Waals surface area contributed by atoms with E-state index in [1.54, 1.807) is 20.8 Å². The van der Waals surface area contributed by atoms with E-state index in [0.717, 1.165) is 0 Å². The number of nitrogens with one attached hydrogen (secondary N) is 2. The van der Waals surface area contributed by atoms with E-state index >= 15 is 0 Å². The monoisotopic (exact) mass is 301 g/mol. The van der Waals surface area contributed by atoms with Crippen molar-refractivity contribution < 1.29 is 14.3 Å². The smallest absolute Gasteiger partial charge is 0.408 e. The topological polar surface area (TPSA) is 91.2 Å². The normalized spacial score (nSPS) is 12.2. The first-order valence-corrected chi connectivity index (χ1v) is 7.18. The van der Waals surface area contributed by atoms with Crippen LogP contribution in [0.4, 0.5) is 4.79 Å². The SMILES string of the molecule is CC(C)(C)OC(=O)NC(CCCS)C(=O)NCCC#N. The number of thiol groups is 1. The molecule has 0 aliphatic heterocycles. The van der Waals surface area contributed by atoms with Crippen LogP contribution >= 0.6 is 12.6 Å². The van der Waals surface area contributed by atoms with Gasteiger partial charge in [-0.15, -0.1) is 0 Å². The Morgan fingerprint density at radius 3 is 2.55 bits per heavy atom. The van der Waals surface area contributed by atoms with Gasteiger partial charge in [0.1, 0.15) is 11.6 Å². The number of alkyl carbamates (subject to hydrolysis) is 1. The summed E-state index contributed by atoms with van der Waals surface area (Å²) in [5.41, 5.74) is -0.616. The number of nitriles is 1. The van der Waals surface area contributed by atoms with Crippen molar-refractivity contribution in [2.75, 3.05) is 12.3 Å². The molecule has 0 bridgehead atoms. The molecule has 2 N–H and O–H groups in total. The van der Waals surface area contributed by atoms with Crippen molar-refractivity contribution in [3.63, 3.8) is 0 Å². The second kappa shape index (κ2) is 9.48. The maximum absolute atomic E-state index is 11.9. The summed E-state index contributed by atoms with van der Waals surface area (Å²) >= 11 is 4.09. The minimum atomic E-state index is -0.671. The quantitative estimate of drug-likeness (QED) is 0.492. The second-order valence-electron chi connectivity index (χ2n) is 5.26. The molecule has 0 saturated heterocycles. The minimum absolute atomic E-state index is 0.234. The lowest BCUT2D eigenvalue weighted by molar-refractivity contribution is -0.123. The van der Waals surface area contributed by atoms with E-state index in [-0.39, 0.29) is 18.9 Å². The van der Waals surface area contributed by atoms with Crippen LogP contribution in [-0.2, 0) is 9.53 Å². The molecule has 6 nitrogen and oxygen atoms in total. The van der Waals surface area contributed by atoms with Crippen LogP contribution in [0.2, 0.25) is 0 Å². The fourth-order valence-electron chi connectivity index (χ4n) is 1.38. The number of amides is 2. The van der Waals surface area contributed by atoms with Gasteiger partial charge in [-0.3, -0.25) is 4.79 Å². The zero-order chi connectivity index (χ0) is 15.6. The van der Waals surface area contributed by atoms with Crippen molar-refractivity contribution in [3.05, 3.63) is 0 Å². The average molecular weight is 301 g/mol.